The van der Waals surface area contributed by atoms with Crippen molar-refractivity contribution in [3.05, 3.63) is 28.0 Å². The van der Waals surface area contributed by atoms with Crippen LogP contribution in [0.15, 0.2) is 12.1 Å². The van der Waals surface area contributed by atoms with Crippen LogP contribution < -0.4 is 15.2 Å². The van der Waals surface area contributed by atoms with E-state index in [0.29, 0.717) is 0 Å². The van der Waals surface area contributed by atoms with Crippen LogP contribution in [0.1, 0.15) is 13.8 Å². The number of nitrogens with zero attached hydrogens (tertiary/aromatic N) is 2. The molecule has 0 aliphatic carbocycles. The van der Waals surface area contributed by atoms with Crippen molar-refractivity contribution in [2.75, 3.05) is 12.8 Å². The lowest BCUT2D eigenvalue weighted by Crippen LogP contribution is -2.17. The van der Waals surface area contributed by atoms with Crippen LogP contribution in [-0.4, -0.2) is 29.3 Å². The summed E-state index contributed by atoms with van der Waals surface area (Å²) < 4.78 is 29.2. The number of benzene rings is 1. The van der Waals surface area contributed by atoms with Crippen LogP contribution in [0.4, 0.5) is 15.0 Å². The maximum Gasteiger partial charge on any atom is 0.515 e. The van der Waals surface area contributed by atoms with Gasteiger partial charge in [0.05, 0.1) is 23.8 Å². The molecule has 134 valence electrons. The number of hydrogen-bond acceptors (Lipinski definition) is 7. The van der Waals surface area contributed by atoms with E-state index in [-0.39, 0.29) is 38.9 Å². The van der Waals surface area contributed by atoms with Crippen molar-refractivity contribution in [3.8, 4) is 23.0 Å². The number of aromatic nitrogens is 2. The number of rotatable bonds is 4. The zero-order chi connectivity index (χ0) is 18.7. The van der Waals surface area contributed by atoms with Gasteiger partial charge in [0.1, 0.15) is 10.8 Å². The fraction of sp³-hybridized carbons (Fsp3) is 0.267. The summed E-state index contributed by atoms with van der Waals surface area (Å²) in [5.74, 6) is -1.71. The molecular weight excluding hydrogens is 376 g/mol. The molecule has 0 radical (unpaired) electrons. The average Bonchev–Trinajstić information content (AvgIpc) is 2.51. The summed E-state index contributed by atoms with van der Waals surface area (Å²) in [4.78, 5) is 19.5. The molecule has 0 aliphatic rings. The van der Waals surface area contributed by atoms with E-state index in [1.807, 2.05) is 0 Å². The number of ether oxygens (including phenoxy) is 3. The van der Waals surface area contributed by atoms with Crippen molar-refractivity contribution in [1.82, 2.24) is 9.97 Å². The van der Waals surface area contributed by atoms with Gasteiger partial charge in [-0.1, -0.05) is 23.2 Å². The number of methoxy groups -OCH3 is 1. The van der Waals surface area contributed by atoms with Gasteiger partial charge in [-0.15, -0.1) is 0 Å². The zero-order valence-electron chi connectivity index (χ0n) is 13.5. The summed E-state index contributed by atoms with van der Waals surface area (Å²) in [6.45, 7) is 3.27. The van der Waals surface area contributed by atoms with E-state index in [2.05, 4.69) is 9.97 Å². The van der Waals surface area contributed by atoms with Crippen LogP contribution in [0.5, 0.6) is 11.6 Å². The van der Waals surface area contributed by atoms with Gasteiger partial charge in [-0.3, -0.25) is 0 Å². The van der Waals surface area contributed by atoms with E-state index in [1.165, 1.54) is 19.2 Å². The summed E-state index contributed by atoms with van der Waals surface area (Å²) in [7, 11) is 1.27. The van der Waals surface area contributed by atoms with Crippen molar-refractivity contribution >= 4 is 35.2 Å². The van der Waals surface area contributed by atoms with Crippen LogP contribution in [0.3, 0.4) is 0 Å². The van der Waals surface area contributed by atoms with E-state index in [4.69, 9.17) is 43.1 Å². The minimum atomic E-state index is -1.03. The Morgan fingerprint density at radius 3 is 2.56 bits per heavy atom. The average molecular weight is 390 g/mol. The molecule has 0 fully saturated rings. The first kappa shape index (κ1) is 19.0. The second kappa shape index (κ2) is 7.71. The molecule has 2 aromatic rings. The lowest BCUT2D eigenvalue weighted by Gasteiger charge is -2.12. The van der Waals surface area contributed by atoms with Gasteiger partial charge in [0, 0.05) is 0 Å². The van der Waals surface area contributed by atoms with E-state index < -0.39 is 18.1 Å². The van der Waals surface area contributed by atoms with E-state index >= 15 is 0 Å². The lowest BCUT2D eigenvalue weighted by molar-refractivity contribution is 0.0716. The molecular formula is C15H14Cl2FN3O4. The highest BCUT2D eigenvalue weighted by Crippen LogP contribution is 2.36. The normalized spacial score (nSPS) is 10.7. The Kier molecular flexibility index (Phi) is 5.86. The highest BCUT2D eigenvalue weighted by molar-refractivity contribution is 6.34. The summed E-state index contributed by atoms with van der Waals surface area (Å²) in [6, 6.07) is 2.74. The van der Waals surface area contributed by atoms with Crippen LogP contribution in [0.2, 0.25) is 10.0 Å². The Hall–Kier alpha value is -2.32. The molecule has 2 rings (SSSR count). The minimum Gasteiger partial charge on any atom is -0.492 e. The summed E-state index contributed by atoms with van der Waals surface area (Å²) in [5.41, 5.74) is 5.63. The number of hydrogen-bond donors (Lipinski definition) is 1. The number of carbonyl (C=O) groups excluding carboxylic acids is 1. The van der Waals surface area contributed by atoms with Gasteiger partial charge in [-0.25, -0.2) is 14.2 Å². The fourth-order valence-electron chi connectivity index (χ4n) is 1.82. The second-order valence-electron chi connectivity index (χ2n) is 5.01. The van der Waals surface area contributed by atoms with Gasteiger partial charge >= 0.3 is 6.16 Å². The quantitative estimate of drug-likeness (QED) is 0.785. The summed E-state index contributed by atoms with van der Waals surface area (Å²) in [5, 5.41) is -0.131. The SMILES string of the molecule is COc1c(Cl)ccc(-c2nc(N)c(Cl)c(OC(=O)OC(C)C)n2)c1F. The van der Waals surface area contributed by atoms with Crippen LogP contribution in [0.25, 0.3) is 11.4 Å². The predicted molar refractivity (Wildman–Crippen MR) is 90.7 cm³/mol. The van der Waals surface area contributed by atoms with Crippen molar-refractivity contribution in [1.29, 1.82) is 0 Å². The molecule has 1 aromatic carbocycles. The summed E-state index contributed by atoms with van der Waals surface area (Å²) in [6.07, 6.45) is -1.45. The molecule has 0 unspecified atom stereocenters. The topological polar surface area (TPSA) is 96.6 Å². The largest absolute Gasteiger partial charge is 0.515 e. The van der Waals surface area contributed by atoms with Gasteiger partial charge in [-0.2, -0.15) is 4.98 Å². The Morgan fingerprint density at radius 2 is 1.96 bits per heavy atom. The Labute approximate surface area is 152 Å². The highest BCUT2D eigenvalue weighted by Gasteiger charge is 2.21. The Balaban J connectivity index is 2.49. The maximum absolute atomic E-state index is 14.5. The predicted octanol–water partition coefficient (Wildman–Crippen LogP) is 4.10. The molecule has 2 N–H and O–H groups in total. The van der Waals surface area contributed by atoms with Crippen LogP contribution in [-0.2, 0) is 4.74 Å². The van der Waals surface area contributed by atoms with Crippen molar-refractivity contribution in [2.24, 2.45) is 0 Å². The van der Waals surface area contributed by atoms with Gasteiger partial charge in [-0.05, 0) is 26.0 Å². The number of nitrogen functional groups attached to an aromatic ring is 1. The molecule has 0 saturated carbocycles. The highest BCUT2D eigenvalue weighted by atomic mass is 35.5. The van der Waals surface area contributed by atoms with Crippen molar-refractivity contribution in [3.63, 3.8) is 0 Å². The third-order valence-corrected chi connectivity index (χ3v) is 3.51. The molecule has 7 nitrogen and oxygen atoms in total. The monoisotopic (exact) mass is 389 g/mol. The molecule has 1 aromatic heterocycles. The van der Waals surface area contributed by atoms with Crippen molar-refractivity contribution < 1.29 is 23.4 Å². The van der Waals surface area contributed by atoms with E-state index in [1.54, 1.807) is 13.8 Å². The smallest absolute Gasteiger partial charge is 0.492 e. The third-order valence-electron chi connectivity index (χ3n) is 2.85. The molecule has 0 aliphatic heterocycles. The van der Waals surface area contributed by atoms with Crippen LogP contribution >= 0.6 is 23.2 Å². The first-order valence-electron chi connectivity index (χ1n) is 6.98. The third kappa shape index (κ3) is 4.21. The molecule has 0 atom stereocenters. The molecule has 10 heteroatoms. The van der Waals surface area contributed by atoms with Crippen molar-refractivity contribution in [2.45, 2.75) is 20.0 Å². The first-order valence-corrected chi connectivity index (χ1v) is 7.74. The first-order chi connectivity index (χ1) is 11.7. The minimum absolute atomic E-state index is 0.0632. The van der Waals surface area contributed by atoms with Gasteiger partial charge in [0.15, 0.2) is 17.4 Å². The number of anilines is 1. The number of nitrogens with two attached hydrogens (primary N) is 1. The van der Waals surface area contributed by atoms with Gasteiger partial charge in [0.2, 0.25) is 0 Å². The van der Waals surface area contributed by atoms with Gasteiger partial charge < -0.3 is 19.9 Å². The second-order valence-corrected chi connectivity index (χ2v) is 5.80. The molecule has 0 bridgehead atoms. The Bertz CT molecular complexity index is 818. The molecule has 0 saturated heterocycles. The molecule has 1 heterocycles. The zero-order valence-corrected chi connectivity index (χ0v) is 15.0. The molecule has 25 heavy (non-hydrogen) atoms. The molecule has 0 spiro atoms. The lowest BCUT2D eigenvalue weighted by atomic mass is 10.2. The number of halogens is 3. The molecule has 0 amide bonds. The standard InChI is InChI=1S/C15H14Cl2FN3O4/c1-6(2)24-15(22)25-14-9(17)12(19)20-13(21-14)7-4-5-8(16)11(23-3)10(7)18/h4-6H,1-3H3,(H2,19,20,21). The van der Waals surface area contributed by atoms with E-state index in [0.717, 1.165) is 0 Å². The van der Waals surface area contributed by atoms with E-state index in [9.17, 15) is 9.18 Å². The fourth-order valence-corrected chi connectivity index (χ4v) is 2.17. The number of carbonyl (C=O) groups is 1. The van der Waals surface area contributed by atoms with Gasteiger partial charge in [0.25, 0.3) is 5.88 Å². The summed E-state index contributed by atoms with van der Waals surface area (Å²) >= 11 is 11.8. The van der Waals surface area contributed by atoms with Crippen LogP contribution in [0, 0.1) is 5.82 Å². The Morgan fingerprint density at radius 1 is 1.28 bits per heavy atom. The maximum atomic E-state index is 14.5.